The van der Waals surface area contributed by atoms with Crippen LogP contribution in [0.1, 0.15) is 43.7 Å². The molecule has 21 heavy (non-hydrogen) atoms. The summed E-state index contributed by atoms with van der Waals surface area (Å²) in [4.78, 5) is 14.0. The van der Waals surface area contributed by atoms with Crippen LogP contribution in [-0.4, -0.2) is 29.6 Å². The number of carboxylic acid groups (broad SMARTS) is 1. The Kier molecular flexibility index (Phi) is 5.04. The molecule has 116 valence electrons. The maximum absolute atomic E-state index is 11.8. The lowest BCUT2D eigenvalue weighted by atomic mass is 9.70. The van der Waals surface area contributed by atoms with Crippen molar-refractivity contribution in [3.63, 3.8) is 0 Å². The standard InChI is InChI=1S/C18H27NO2/c1-14-4-6-16(7-5-14)12-19(3)13-18(17(20)21)10-8-15(2)9-11-18/h4-7,15H,8-13H2,1-3H3,(H,20,21). The van der Waals surface area contributed by atoms with Crippen LogP contribution < -0.4 is 0 Å². The first kappa shape index (κ1) is 16.0. The maximum atomic E-state index is 11.8. The number of carboxylic acids is 1. The molecule has 0 aromatic heterocycles. The molecule has 1 saturated carbocycles. The first-order valence-corrected chi connectivity index (χ1v) is 7.89. The van der Waals surface area contributed by atoms with E-state index in [2.05, 4.69) is 43.0 Å². The van der Waals surface area contributed by atoms with Crippen LogP contribution in [0, 0.1) is 18.3 Å². The van der Waals surface area contributed by atoms with Gasteiger partial charge in [-0.15, -0.1) is 0 Å². The first-order valence-electron chi connectivity index (χ1n) is 7.89. The summed E-state index contributed by atoms with van der Waals surface area (Å²) in [6, 6.07) is 8.47. The highest BCUT2D eigenvalue weighted by atomic mass is 16.4. The zero-order chi connectivity index (χ0) is 15.5. The quantitative estimate of drug-likeness (QED) is 0.898. The molecule has 3 heteroatoms. The first-order chi connectivity index (χ1) is 9.91. The number of rotatable bonds is 5. The van der Waals surface area contributed by atoms with Crippen molar-refractivity contribution in [2.45, 2.75) is 46.1 Å². The van der Waals surface area contributed by atoms with E-state index in [-0.39, 0.29) is 0 Å². The van der Waals surface area contributed by atoms with Gasteiger partial charge in [0.1, 0.15) is 0 Å². The second-order valence-corrected chi connectivity index (χ2v) is 6.93. The van der Waals surface area contributed by atoms with Gasteiger partial charge < -0.3 is 10.0 Å². The number of benzene rings is 1. The molecule has 1 aliphatic carbocycles. The van der Waals surface area contributed by atoms with Crippen molar-refractivity contribution in [3.8, 4) is 0 Å². The predicted octanol–water partition coefficient (Wildman–Crippen LogP) is 3.71. The SMILES string of the molecule is Cc1ccc(CN(C)CC2(C(=O)O)CCC(C)CC2)cc1. The van der Waals surface area contributed by atoms with Gasteiger partial charge in [0.25, 0.3) is 0 Å². The van der Waals surface area contributed by atoms with Crippen LogP contribution in [0.2, 0.25) is 0 Å². The molecule has 1 fully saturated rings. The molecule has 3 nitrogen and oxygen atoms in total. The van der Waals surface area contributed by atoms with Gasteiger partial charge in [-0.2, -0.15) is 0 Å². The number of aryl methyl sites for hydroxylation is 1. The third kappa shape index (κ3) is 4.07. The molecule has 0 unspecified atom stereocenters. The molecule has 0 amide bonds. The molecule has 0 radical (unpaired) electrons. The summed E-state index contributed by atoms with van der Waals surface area (Å²) in [6.07, 6.45) is 3.68. The molecule has 1 aliphatic rings. The lowest BCUT2D eigenvalue weighted by Gasteiger charge is -2.38. The van der Waals surface area contributed by atoms with Crippen molar-refractivity contribution in [1.29, 1.82) is 0 Å². The van der Waals surface area contributed by atoms with E-state index in [1.807, 2.05) is 7.05 Å². The summed E-state index contributed by atoms with van der Waals surface area (Å²) >= 11 is 0. The van der Waals surface area contributed by atoms with Gasteiger partial charge in [0.15, 0.2) is 0 Å². The Morgan fingerprint density at radius 3 is 2.38 bits per heavy atom. The molecule has 0 saturated heterocycles. The van der Waals surface area contributed by atoms with E-state index in [0.717, 1.165) is 32.2 Å². The smallest absolute Gasteiger partial charge is 0.310 e. The van der Waals surface area contributed by atoms with Crippen molar-refractivity contribution in [3.05, 3.63) is 35.4 Å². The molecular formula is C18H27NO2. The molecule has 0 aliphatic heterocycles. The molecule has 1 aromatic rings. The van der Waals surface area contributed by atoms with E-state index in [9.17, 15) is 9.90 Å². The Morgan fingerprint density at radius 2 is 1.86 bits per heavy atom. The van der Waals surface area contributed by atoms with Crippen LogP contribution in [0.15, 0.2) is 24.3 Å². The van der Waals surface area contributed by atoms with Crippen LogP contribution in [0.25, 0.3) is 0 Å². The highest BCUT2D eigenvalue weighted by Crippen LogP contribution is 2.39. The van der Waals surface area contributed by atoms with Crippen molar-refractivity contribution in [1.82, 2.24) is 4.90 Å². The van der Waals surface area contributed by atoms with E-state index in [1.165, 1.54) is 11.1 Å². The summed E-state index contributed by atoms with van der Waals surface area (Å²) in [5.41, 5.74) is 1.95. The largest absolute Gasteiger partial charge is 0.481 e. The van der Waals surface area contributed by atoms with Crippen LogP contribution in [-0.2, 0) is 11.3 Å². The molecule has 1 N–H and O–H groups in total. The summed E-state index contributed by atoms with van der Waals surface area (Å²) in [5.74, 6) is 0.0463. The van der Waals surface area contributed by atoms with Crippen LogP contribution in [0.4, 0.5) is 0 Å². The summed E-state index contributed by atoms with van der Waals surface area (Å²) in [6.45, 7) is 5.76. The number of carbonyl (C=O) groups is 1. The third-order valence-electron chi connectivity index (χ3n) is 4.83. The molecule has 1 aromatic carbocycles. The zero-order valence-electron chi connectivity index (χ0n) is 13.4. The normalized spacial score (nSPS) is 26.0. The number of hydrogen-bond donors (Lipinski definition) is 1. The van der Waals surface area contributed by atoms with Gasteiger partial charge in [0.2, 0.25) is 0 Å². The minimum absolute atomic E-state index is 0.550. The second-order valence-electron chi connectivity index (χ2n) is 6.93. The van der Waals surface area contributed by atoms with E-state index < -0.39 is 11.4 Å². The minimum atomic E-state index is -0.620. The van der Waals surface area contributed by atoms with Crippen molar-refractivity contribution >= 4 is 5.97 Å². The Hall–Kier alpha value is -1.35. The van der Waals surface area contributed by atoms with Gasteiger partial charge in [-0.1, -0.05) is 36.8 Å². The van der Waals surface area contributed by atoms with E-state index >= 15 is 0 Å². The lowest BCUT2D eigenvalue weighted by molar-refractivity contribution is -0.153. The average molecular weight is 289 g/mol. The maximum Gasteiger partial charge on any atom is 0.310 e. The van der Waals surface area contributed by atoms with Crippen molar-refractivity contribution < 1.29 is 9.90 Å². The fourth-order valence-corrected chi connectivity index (χ4v) is 3.33. The number of nitrogens with zero attached hydrogens (tertiary/aromatic N) is 1. The van der Waals surface area contributed by atoms with Crippen molar-refractivity contribution in [2.24, 2.45) is 11.3 Å². The zero-order valence-corrected chi connectivity index (χ0v) is 13.4. The van der Waals surface area contributed by atoms with Gasteiger partial charge >= 0.3 is 5.97 Å². The molecular weight excluding hydrogens is 262 g/mol. The summed E-state index contributed by atoms with van der Waals surface area (Å²) in [5, 5.41) is 9.70. The number of hydrogen-bond acceptors (Lipinski definition) is 2. The van der Waals surface area contributed by atoms with Gasteiger partial charge in [-0.05, 0) is 51.1 Å². The Morgan fingerprint density at radius 1 is 1.29 bits per heavy atom. The fraction of sp³-hybridized carbons (Fsp3) is 0.611. The van der Waals surface area contributed by atoms with E-state index in [4.69, 9.17) is 0 Å². The second kappa shape index (κ2) is 6.61. The Labute approximate surface area is 128 Å². The lowest BCUT2D eigenvalue weighted by Crippen LogP contribution is -2.44. The fourth-order valence-electron chi connectivity index (χ4n) is 3.33. The van der Waals surface area contributed by atoms with Crippen molar-refractivity contribution in [2.75, 3.05) is 13.6 Å². The topological polar surface area (TPSA) is 40.5 Å². The summed E-state index contributed by atoms with van der Waals surface area (Å²) in [7, 11) is 2.03. The molecule has 0 bridgehead atoms. The van der Waals surface area contributed by atoms with Gasteiger partial charge in [0.05, 0.1) is 5.41 Å². The average Bonchev–Trinajstić information content (AvgIpc) is 2.44. The van der Waals surface area contributed by atoms with Crippen LogP contribution in [0.3, 0.4) is 0 Å². The highest BCUT2D eigenvalue weighted by Gasteiger charge is 2.41. The predicted molar refractivity (Wildman–Crippen MR) is 85.2 cm³/mol. The van der Waals surface area contributed by atoms with Crippen LogP contribution in [0.5, 0.6) is 0 Å². The number of aliphatic carboxylic acids is 1. The van der Waals surface area contributed by atoms with Gasteiger partial charge in [-0.25, -0.2) is 0 Å². The Bertz CT molecular complexity index is 472. The third-order valence-corrected chi connectivity index (χ3v) is 4.83. The molecule has 0 heterocycles. The molecule has 2 rings (SSSR count). The summed E-state index contributed by atoms with van der Waals surface area (Å²) < 4.78 is 0. The van der Waals surface area contributed by atoms with Crippen LogP contribution >= 0.6 is 0 Å². The molecule has 0 spiro atoms. The Balaban J connectivity index is 2.00. The van der Waals surface area contributed by atoms with Gasteiger partial charge in [-0.3, -0.25) is 4.79 Å². The highest BCUT2D eigenvalue weighted by molar-refractivity contribution is 5.75. The van der Waals surface area contributed by atoms with E-state index in [1.54, 1.807) is 0 Å². The minimum Gasteiger partial charge on any atom is -0.481 e. The van der Waals surface area contributed by atoms with Gasteiger partial charge in [0, 0.05) is 13.1 Å². The molecule has 0 atom stereocenters. The van der Waals surface area contributed by atoms with E-state index in [0.29, 0.717) is 12.5 Å². The monoisotopic (exact) mass is 289 g/mol.